The number of hydrogen-bond acceptors (Lipinski definition) is 3. The number of primary amides is 1. The Morgan fingerprint density at radius 1 is 1.30 bits per heavy atom. The Morgan fingerprint density at radius 3 is 2.70 bits per heavy atom. The topological polar surface area (TPSA) is 66.6 Å². The van der Waals surface area contributed by atoms with Gasteiger partial charge in [0.2, 0.25) is 11.8 Å². The summed E-state index contributed by atoms with van der Waals surface area (Å²) in [4.78, 5) is 27.8. The molecule has 2 amide bonds. The van der Waals surface area contributed by atoms with Crippen LogP contribution in [-0.4, -0.2) is 47.8 Å². The molecule has 1 aromatic carbocycles. The lowest BCUT2D eigenvalue weighted by molar-refractivity contribution is -0.132. The molecule has 23 heavy (non-hydrogen) atoms. The number of piperidine rings is 1. The Labute approximate surface area is 138 Å². The van der Waals surface area contributed by atoms with E-state index in [0.717, 1.165) is 24.9 Å². The van der Waals surface area contributed by atoms with Gasteiger partial charge in [-0.05, 0) is 31.9 Å². The summed E-state index contributed by atoms with van der Waals surface area (Å²) in [6.45, 7) is 5.70. The molecule has 5 nitrogen and oxygen atoms in total. The third-order valence-corrected chi connectivity index (χ3v) is 4.50. The predicted molar refractivity (Wildman–Crippen MR) is 90.5 cm³/mol. The van der Waals surface area contributed by atoms with E-state index in [1.807, 2.05) is 42.2 Å². The molecule has 0 saturated carbocycles. The fourth-order valence-electron chi connectivity index (χ4n) is 3.08. The molecular formula is C18H27N3O2. The summed E-state index contributed by atoms with van der Waals surface area (Å²) in [7, 11) is 0. The Balaban J connectivity index is 1.81. The van der Waals surface area contributed by atoms with Gasteiger partial charge in [-0.25, -0.2) is 0 Å². The maximum atomic E-state index is 12.4. The first-order valence-corrected chi connectivity index (χ1v) is 8.43. The van der Waals surface area contributed by atoms with E-state index in [0.29, 0.717) is 32.6 Å². The zero-order chi connectivity index (χ0) is 16.7. The zero-order valence-corrected chi connectivity index (χ0v) is 13.9. The van der Waals surface area contributed by atoms with Crippen molar-refractivity contribution in [2.24, 2.45) is 11.7 Å². The molecule has 0 bridgehead atoms. The van der Waals surface area contributed by atoms with Gasteiger partial charge >= 0.3 is 0 Å². The average Bonchev–Trinajstić information content (AvgIpc) is 2.58. The molecule has 1 unspecified atom stereocenters. The number of likely N-dealkylation sites (tertiary alicyclic amines) is 1. The van der Waals surface area contributed by atoms with Gasteiger partial charge in [-0.1, -0.05) is 30.3 Å². The van der Waals surface area contributed by atoms with E-state index in [1.165, 1.54) is 0 Å². The van der Waals surface area contributed by atoms with Crippen LogP contribution in [0.1, 0.15) is 31.7 Å². The van der Waals surface area contributed by atoms with E-state index >= 15 is 0 Å². The molecule has 0 aliphatic carbocycles. The van der Waals surface area contributed by atoms with E-state index in [9.17, 15) is 9.59 Å². The van der Waals surface area contributed by atoms with Crippen LogP contribution in [0.25, 0.3) is 0 Å². The maximum absolute atomic E-state index is 12.4. The minimum Gasteiger partial charge on any atom is -0.369 e. The number of rotatable bonds is 7. The van der Waals surface area contributed by atoms with Crippen molar-refractivity contribution in [3.05, 3.63) is 35.9 Å². The minimum absolute atomic E-state index is 0.0644. The monoisotopic (exact) mass is 317 g/mol. The second kappa shape index (κ2) is 8.67. The smallest absolute Gasteiger partial charge is 0.224 e. The van der Waals surface area contributed by atoms with Gasteiger partial charge in [0.1, 0.15) is 0 Å². The van der Waals surface area contributed by atoms with E-state index in [-0.39, 0.29) is 17.7 Å². The number of amides is 2. The third-order valence-electron chi connectivity index (χ3n) is 4.50. The van der Waals surface area contributed by atoms with Gasteiger partial charge in [0, 0.05) is 32.6 Å². The lowest BCUT2D eigenvalue weighted by atomic mass is 9.97. The highest BCUT2D eigenvalue weighted by Gasteiger charge is 2.24. The van der Waals surface area contributed by atoms with Gasteiger partial charge in [-0.2, -0.15) is 0 Å². The maximum Gasteiger partial charge on any atom is 0.224 e. The van der Waals surface area contributed by atoms with Crippen LogP contribution in [0.5, 0.6) is 0 Å². The van der Waals surface area contributed by atoms with Crippen molar-refractivity contribution in [3.8, 4) is 0 Å². The highest BCUT2D eigenvalue weighted by atomic mass is 16.2. The molecule has 0 spiro atoms. The van der Waals surface area contributed by atoms with Gasteiger partial charge in [0.05, 0.1) is 5.92 Å². The molecule has 1 saturated heterocycles. The summed E-state index contributed by atoms with van der Waals surface area (Å²) in [5.41, 5.74) is 6.55. The average molecular weight is 317 g/mol. The summed E-state index contributed by atoms with van der Waals surface area (Å²) in [6, 6.07) is 10.0. The Morgan fingerprint density at radius 2 is 2.04 bits per heavy atom. The molecule has 0 radical (unpaired) electrons. The van der Waals surface area contributed by atoms with Crippen molar-refractivity contribution in [2.45, 2.75) is 32.7 Å². The molecule has 1 heterocycles. The van der Waals surface area contributed by atoms with Crippen molar-refractivity contribution in [1.82, 2.24) is 9.80 Å². The predicted octanol–water partition coefficient (Wildman–Crippen LogP) is 1.62. The molecule has 2 rings (SSSR count). The van der Waals surface area contributed by atoms with Crippen molar-refractivity contribution >= 4 is 11.8 Å². The first kappa shape index (κ1) is 17.5. The summed E-state index contributed by atoms with van der Waals surface area (Å²) < 4.78 is 0. The molecule has 1 aliphatic rings. The first-order chi connectivity index (χ1) is 11.1. The zero-order valence-electron chi connectivity index (χ0n) is 13.9. The van der Waals surface area contributed by atoms with Gasteiger partial charge in [0.15, 0.2) is 0 Å². The van der Waals surface area contributed by atoms with Crippen molar-refractivity contribution in [3.63, 3.8) is 0 Å². The number of nitrogens with zero attached hydrogens (tertiary/aromatic N) is 2. The highest BCUT2D eigenvalue weighted by Crippen LogP contribution is 2.16. The van der Waals surface area contributed by atoms with Crippen LogP contribution in [0.2, 0.25) is 0 Å². The van der Waals surface area contributed by atoms with E-state index < -0.39 is 0 Å². The minimum atomic E-state index is -0.222. The standard InChI is InChI=1S/C18H27N3O2/c1-2-21(13-15-7-4-3-5-8-15)17(22)10-12-20-11-6-9-16(14-20)18(19)23/h3-5,7-8,16H,2,6,9-14H2,1H3,(H2,19,23). The fourth-order valence-corrected chi connectivity index (χ4v) is 3.08. The molecule has 1 aromatic rings. The van der Waals surface area contributed by atoms with Gasteiger partial charge in [-0.15, -0.1) is 0 Å². The van der Waals surface area contributed by atoms with Crippen LogP contribution in [0.15, 0.2) is 30.3 Å². The van der Waals surface area contributed by atoms with E-state index in [1.54, 1.807) is 0 Å². The van der Waals surface area contributed by atoms with E-state index in [2.05, 4.69) is 4.90 Å². The van der Waals surface area contributed by atoms with Crippen molar-refractivity contribution in [1.29, 1.82) is 0 Å². The van der Waals surface area contributed by atoms with Gasteiger partial charge < -0.3 is 15.5 Å². The summed E-state index contributed by atoms with van der Waals surface area (Å²) in [6.07, 6.45) is 2.34. The van der Waals surface area contributed by atoms with Crippen LogP contribution < -0.4 is 5.73 Å². The molecular weight excluding hydrogens is 290 g/mol. The molecule has 1 aliphatic heterocycles. The first-order valence-electron chi connectivity index (χ1n) is 8.43. The normalized spacial score (nSPS) is 18.6. The summed E-state index contributed by atoms with van der Waals surface area (Å²) in [5.74, 6) is -0.122. The molecule has 2 N–H and O–H groups in total. The second-order valence-electron chi connectivity index (χ2n) is 6.19. The quantitative estimate of drug-likeness (QED) is 0.831. The van der Waals surface area contributed by atoms with E-state index in [4.69, 9.17) is 5.73 Å². The van der Waals surface area contributed by atoms with Gasteiger partial charge in [-0.3, -0.25) is 9.59 Å². The summed E-state index contributed by atoms with van der Waals surface area (Å²) in [5, 5.41) is 0. The molecule has 5 heteroatoms. The SMILES string of the molecule is CCN(Cc1ccccc1)C(=O)CCN1CCCC(C(N)=O)C1. The van der Waals surface area contributed by atoms with Crippen molar-refractivity contribution in [2.75, 3.05) is 26.2 Å². The number of nitrogens with two attached hydrogens (primary N) is 1. The molecule has 1 atom stereocenters. The molecule has 126 valence electrons. The molecule has 0 aromatic heterocycles. The van der Waals surface area contributed by atoms with Crippen LogP contribution >= 0.6 is 0 Å². The number of carbonyl (C=O) groups excluding carboxylic acids is 2. The van der Waals surface area contributed by atoms with Gasteiger partial charge in [0.25, 0.3) is 0 Å². The van der Waals surface area contributed by atoms with Crippen LogP contribution in [-0.2, 0) is 16.1 Å². The number of hydrogen-bond donors (Lipinski definition) is 1. The Bertz CT molecular complexity index is 518. The van der Waals surface area contributed by atoms with Crippen LogP contribution in [0.3, 0.4) is 0 Å². The highest BCUT2D eigenvalue weighted by molar-refractivity contribution is 5.77. The van der Waals surface area contributed by atoms with Crippen LogP contribution in [0, 0.1) is 5.92 Å². The Hall–Kier alpha value is -1.88. The fraction of sp³-hybridized carbons (Fsp3) is 0.556. The molecule has 1 fully saturated rings. The third kappa shape index (κ3) is 5.36. The van der Waals surface area contributed by atoms with Crippen LogP contribution in [0.4, 0.5) is 0 Å². The largest absolute Gasteiger partial charge is 0.369 e. The lowest BCUT2D eigenvalue weighted by Crippen LogP contribution is -2.42. The number of benzene rings is 1. The lowest BCUT2D eigenvalue weighted by Gasteiger charge is -2.31. The summed E-state index contributed by atoms with van der Waals surface area (Å²) >= 11 is 0. The Kier molecular flexibility index (Phi) is 6.59. The second-order valence-corrected chi connectivity index (χ2v) is 6.19. The number of carbonyl (C=O) groups is 2. The van der Waals surface area contributed by atoms with Crippen molar-refractivity contribution < 1.29 is 9.59 Å².